The van der Waals surface area contributed by atoms with Crippen molar-refractivity contribution in [3.63, 3.8) is 0 Å². The Labute approximate surface area is 122 Å². The number of para-hydroxylation sites is 2. The van der Waals surface area contributed by atoms with Crippen molar-refractivity contribution in [2.24, 2.45) is 0 Å². The van der Waals surface area contributed by atoms with Crippen LogP contribution in [-0.4, -0.2) is 7.11 Å². The van der Waals surface area contributed by atoms with Gasteiger partial charge in [-0.15, -0.1) is 0 Å². The molecule has 20 heavy (non-hydrogen) atoms. The van der Waals surface area contributed by atoms with E-state index in [1.807, 2.05) is 0 Å². The zero-order valence-electron chi connectivity index (χ0n) is 10.4. The zero-order chi connectivity index (χ0) is 14.8. The number of hydrogen-bond donors (Lipinski definition) is 0. The van der Waals surface area contributed by atoms with E-state index in [9.17, 15) is 13.2 Å². The van der Waals surface area contributed by atoms with Gasteiger partial charge in [0.15, 0.2) is 11.5 Å². The largest absolute Gasteiger partial charge is 0.493 e. The second-order valence-electron chi connectivity index (χ2n) is 3.86. The van der Waals surface area contributed by atoms with Gasteiger partial charge in [-0.05, 0) is 24.3 Å². The average molecular weight is 347 g/mol. The van der Waals surface area contributed by atoms with Crippen molar-refractivity contribution in [1.29, 1.82) is 0 Å². The lowest BCUT2D eigenvalue weighted by Gasteiger charge is -2.16. The molecule has 0 saturated heterocycles. The van der Waals surface area contributed by atoms with Crippen LogP contribution in [0.3, 0.4) is 0 Å². The third-order valence-electron chi connectivity index (χ3n) is 2.55. The summed E-state index contributed by atoms with van der Waals surface area (Å²) >= 11 is 2.90. The number of alkyl halides is 3. The van der Waals surface area contributed by atoms with Gasteiger partial charge in [0.25, 0.3) is 0 Å². The molecule has 0 heterocycles. The smallest absolute Gasteiger partial charge is 0.421 e. The quantitative estimate of drug-likeness (QED) is 0.753. The molecule has 2 aromatic rings. The number of halogens is 4. The molecule has 0 saturated carbocycles. The third kappa shape index (κ3) is 3.07. The molecule has 0 aliphatic carbocycles. The van der Waals surface area contributed by atoms with Gasteiger partial charge in [0.1, 0.15) is 11.3 Å². The molecule has 2 nitrogen and oxygen atoms in total. The molecule has 106 valence electrons. The Balaban J connectivity index is 2.47. The Bertz CT molecular complexity index is 612. The van der Waals surface area contributed by atoms with Crippen LogP contribution in [0.5, 0.6) is 17.2 Å². The van der Waals surface area contributed by atoms with Crippen LogP contribution in [0.15, 0.2) is 46.9 Å². The predicted octanol–water partition coefficient (Wildman–Crippen LogP) is 5.27. The normalized spacial score (nSPS) is 11.2. The molecule has 0 unspecified atom stereocenters. The average Bonchev–Trinajstić information content (AvgIpc) is 2.38. The monoisotopic (exact) mass is 346 g/mol. The maximum atomic E-state index is 13.1. The van der Waals surface area contributed by atoms with Crippen molar-refractivity contribution < 1.29 is 22.6 Å². The maximum absolute atomic E-state index is 13.1. The molecule has 0 N–H and O–H groups in total. The van der Waals surface area contributed by atoms with Crippen LogP contribution in [0.25, 0.3) is 0 Å². The van der Waals surface area contributed by atoms with Crippen molar-refractivity contribution in [3.05, 3.63) is 52.5 Å². The van der Waals surface area contributed by atoms with Crippen molar-refractivity contribution >= 4 is 15.9 Å². The summed E-state index contributed by atoms with van der Waals surface area (Å²) in [6.45, 7) is 0. The standard InChI is InChI=1S/C14H10BrF3O2/c1-19-10-6-2-3-7-11(10)20-12-8-4-5-9(15)13(12)14(16,17)18/h2-8H,1H3. The summed E-state index contributed by atoms with van der Waals surface area (Å²) < 4.78 is 49.5. The van der Waals surface area contributed by atoms with E-state index >= 15 is 0 Å². The van der Waals surface area contributed by atoms with Gasteiger partial charge < -0.3 is 9.47 Å². The Hall–Kier alpha value is -1.69. The third-order valence-corrected chi connectivity index (χ3v) is 3.21. The summed E-state index contributed by atoms with van der Waals surface area (Å²) in [4.78, 5) is 0. The van der Waals surface area contributed by atoms with Gasteiger partial charge in [-0.1, -0.05) is 34.1 Å². The van der Waals surface area contributed by atoms with Gasteiger partial charge in [-0.25, -0.2) is 0 Å². The van der Waals surface area contributed by atoms with Crippen molar-refractivity contribution in [2.75, 3.05) is 7.11 Å². The van der Waals surface area contributed by atoms with Crippen LogP contribution in [0.1, 0.15) is 5.56 Å². The van der Waals surface area contributed by atoms with E-state index in [1.54, 1.807) is 24.3 Å². The van der Waals surface area contributed by atoms with Gasteiger partial charge in [-0.2, -0.15) is 13.2 Å². The Morgan fingerprint density at radius 3 is 2.10 bits per heavy atom. The first-order valence-corrected chi connectivity index (χ1v) is 6.39. The number of benzene rings is 2. The van der Waals surface area contributed by atoms with E-state index in [0.29, 0.717) is 5.75 Å². The van der Waals surface area contributed by atoms with E-state index in [0.717, 1.165) is 0 Å². The molecule has 0 aromatic heterocycles. The molecule has 2 aromatic carbocycles. The zero-order valence-corrected chi connectivity index (χ0v) is 12.0. The molecule has 2 rings (SSSR count). The molecule has 0 aliphatic heterocycles. The highest BCUT2D eigenvalue weighted by Crippen LogP contribution is 2.43. The minimum absolute atomic E-state index is 0.0719. The van der Waals surface area contributed by atoms with Gasteiger partial charge in [-0.3, -0.25) is 0 Å². The molecular weight excluding hydrogens is 337 g/mol. The summed E-state index contributed by atoms with van der Waals surface area (Å²) in [6.07, 6.45) is -4.52. The summed E-state index contributed by atoms with van der Waals surface area (Å²) in [5.41, 5.74) is -0.856. The molecule has 0 spiro atoms. The fraction of sp³-hybridized carbons (Fsp3) is 0.143. The van der Waals surface area contributed by atoms with Crippen molar-refractivity contribution in [1.82, 2.24) is 0 Å². The minimum Gasteiger partial charge on any atom is -0.493 e. The molecular formula is C14H10BrF3O2. The molecule has 0 aliphatic rings. The summed E-state index contributed by atoms with van der Waals surface area (Å²) in [7, 11) is 1.42. The lowest BCUT2D eigenvalue weighted by Crippen LogP contribution is -2.08. The molecule has 0 amide bonds. The van der Waals surface area contributed by atoms with Crippen molar-refractivity contribution in [2.45, 2.75) is 6.18 Å². The minimum atomic E-state index is -4.52. The first kappa shape index (κ1) is 14.7. The summed E-state index contributed by atoms with van der Waals surface area (Å²) in [5, 5.41) is 0. The first-order valence-electron chi connectivity index (χ1n) is 5.60. The Kier molecular flexibility index (Phi) is 4.23. The topological polar surface area (TPSA) is 18.5 Å². The fourth-order valence-electron chi connectivity index (χ4n) is 1.69. The Morgan fingerprint density at radius 1 is 0.900 bits per heavy atom. The van der Waals surface area contributed by atoms with Gasteiger partial charge >= 0.3 is 6.18 Å². The molecule has 0 atom stereocenters. The first-order chi connectivity index (χ1) is 9.43. The summed E-state index contributed by atoms with van der Waals surface area (Å²) in [5.74, 6) is 0.301. The lowest BCUT2D eigenvalue weighted by atomic mass is 10.2. The predicted molar refractivity (Wildman–Crippen MR) is 72.2 cm³/mol. The number of hydrogen-bond acceptors (Lipinski definition) is 2. The molecule has 0 radical (unpaired) electrons. The van der Waals surface area contributed by atoms with Crippen LogP contribution in [-0.2, 0) is 6.18 Å². The number of ether oxygens (including phenoxy) is 2. The van der Waals surface area contributed by atoms with Crippen LogP contribution in [0, 0.1) is 0 Å². The van der Waals surface area contributed by atoms with E-state index in [-0.39, 0.29) is 16.0 Å². The molecule has 0 fully saturated rings. The van der Waals surface area contributed by atoms with E-state index < -0.39 is 11.7 Å². The summed E-state index contributed by atoms with van der Waals surface area (Å²) in [6, 6.07) is 10.6. The van der Waals surface area contributed by atoms with E-state index in [4.69, 9.17) is 9.47 Å². The van der Waals surface area contributed by atoms with Gasteiger partial charge in [0.2, 0.25) is 0 Å². The second-order valence-corrected chi connectivity index (χ2v) is 4.72. The van der Waals surface area contributed by atoms with Crippen LogP contribution in [0.4, 0.5) is 13.2 Å². The second kappa shape index (κ2) is 5.75. The maximum Gasteiger partial charge on any atom is 0.421 e. The van der Waals surface area contributed by atoms with Gasteiger partial charge in [0.05, 0.1) is 7.11 Å². The highest BCUT2D eigenvalue weighted by Gasteiger charge is 2.37. The van der Waals surface area contributed by atoms with Crippen LogP contribution in [0.2, 0.25) is 0 Å². The van der Waals surface area contributed by atoms with Gasteiger partial charge in [0, 0.05) is 4.47 Å². The number of methoxy groups -OCH3 is 1. The fourth-order valence-corrected chi connectivity index (χ4v) is 2.26. The van der Waals surface area contributed by atoms with Crippen LogP contribution >= 0.6 is 15.9 Å². The van der Waals surface area contributed by atoms with Crippen molar-refractivity contribution in [3.8, 4) is 17.2 Å². The van der Waals surface area contributed by atoms with E-state index in [2.05, 4.69) is 15.9 Å². The lowest BCUT2D eigenvalue weighted by molar-refractivity contribution is -0.139. The Morgan fingerprint density at radius 2 is 1.50 bits per heavy atom. The van der Waals surface area contributed by atoms with Crippen LogP contribution < -0.4 is 9.47 Å². The van der Waals surface area contributed by atoms with E-state index in [1.165, 1.54) is 25.3 Å². The molecule has 6 heteroatoms. The SMILES string of the molecule is COc1ccccc1Oc1cccc(Br)c1C(F)(F)F. The highest BCUT2D eigenvalue weighted by molar-refractivity contribution is 9.10. The highest BCUT2D eigenvalue weighted by atomic mass is 79.9. The number of rotatable bonds is 3. The molecule has 0 bridgehead atoms.